The molecule has 8 nitrogen and oxygen atoms in total. The van der Waals surface area contributed by atoms with Crippen molar-refractivity contribution in [2.75, 3.05) is 5.75 Å². The first-order valence-electron chi connectivity index (χ1n) is 6.37. The Bertz CT molecular complexity index is 572. The van der Waals surface area contributed by atoms with Crippen molar-refractivity contribution in [1.29, 1.82) is 0 Å². The third kappa shape index (κ3) is 3.02. The Hall–Kier alpha value is -2.03. The normalized spacial score (nSPS) is 21.5. The monoisotopic (exact) mass is 314 g/mol. The third-order valence-corrected chi connectivity index (χ3v) is 4.49. The number of hydrogen-bond donors (Lipinski definition) is 1. The van der Waals surface area contributed by atoms with E-state index in [2.05, 4.69) is 0 Å². The Labute approximate surface area is 124 Å². The van der Waals surface area contributed by atoms with Gasteiger partial charge in [0.15, 0.2) is 5.76 Å². The number of nitro groups is 1. The van der Waals surface area contributed by atoms with Gasteiger partial charge in [-0.1, -0.05) is 13.3 Å². The second kappa shape index (κ2) is 6.17. The SMILES string of the molecule is CCCC1SCC(C(=O)O)N1C(=O)c1ccc([N+](=O)[O-])o1. The zero-order chi connectivity index (χ0) is 15.6. The smallest absolute Gasteiger partial charge is 0.433 e. The molecule has 1 aliphatic heterocycles. The topological polar surface area (TPSA) is 114 Å². The highest BCUT2D eigenvalue weighted by Crippen LogP contribution is 2.34. The van der Waals surface area contributed by atoms with E-state index in [1.807, 2.05) is 6.92 Å². The first-order chi connectivity index (χ1) is 9.95. The maximum Gasteiger partial charge on any atom is 0.433 e. The van der Waals surface area contributed by atoms with Crippen molar-refractivity contribution in [2.45, 2.75) is 31.2 Å². The molecule has 2 unspecified atom stereocenters. The second-order valence-electron chi connectivity index (χ2n) is 4.54. The Kier molecular flexibility index (Phi) is 4.51. The van der Waals surface area contributed by atoms with Crippen molar-refractivity contribution in [3.05, 3.63) is 28.0 Å². The van der Waals surface area contributed by atoms with Gasteiger partial charge >= 0.3 is 11.9 Å². The van der Waals surface area contributed by atoms with E-state index in [-0.39, 0.29) is 11.1 Å². The summed E-state index contributed by atoms with van der Waals surface area (Å²) in [5.41, 5.74) is 0. The predicted octanol–water partition coefficient (Wildman–Crippen LogP) is 1.96. The molecule has 1 N–H and O–H groups in total. The van der Waals surface area contributed by atoms with Crippen molar-refractivity contribution < 1.29 is 24.0 Å². The van der Waals surface area contributed by atoms with Gasteiger partial charge in [-0.3, -0.25) is 14.9 Å². The minimum Gasteiger partial charge on any atom is -0.480 e. The van der Waals surface area contributed by atoms with Crippen LogP contribution in [0.5, 0.6) is 0 Å². The molecule has 2 rings (SSSR count). The molecule has 1 aliphatic rings. The Morgan fingerprint density at radius 1 is 1.57 bits per heavy atom. The van der Waals surface area contributed by atoms with Gasteiger partial charge in [-0.15, -0.1) is 11.8 Å². The highest BCUT2D eigenvalue weighted by atomic mass is 32.2. The van der Waals surface area contributed by atoms with Gasteiger partial charge in [-0.25, -0.2) is 4.79 Å². The fourth-order valence-electron chi connectivity index (χ4n) is 2.16. The van der Waals surface area contributed by atoms with Gasteiger partial charge in [0.1, 0.15) is 11.0 Å². The average molecular weight is 314 g/mol. The summed E-state index contributed by atoms with van der Waals surface area (Å²) in [7, 11) is 0. The molecule has 0 bridgehead atoms. The lowest BCUT2D eigenvalue weighted by Gasteiger charge is -2.26. The van der Waals surface area contributed by atoms with Crippen LogP contribution in [-0.2, 0) is 4.79 Å². The highest BCUT2D eigenvalue weighted by molar-refractivity contribution is 8.00. The van der Waals surface area contributed by atoms with Crippen molar-refractivity contribution in [2.24, 2.45) is 0 Å². The van der Waals surface area contributed by atoms with Crippen molar-refractivity contribution in [3.8, 4) is 0 Å². The van der Waals surface area contributed by atoms with Gasteiger partial charge < -0.3 is 14.4 Å². The molecule has 1 aromatic rings. The molecule has 0 aromatic carbocycles. The van der Waals surface area contributed by atoms with Crippen LogP contribution in [0, 0.1) is 10.1 Å². The van der Waals surface area contributed by atoms with Gasteiger partial charge in [0.05, 0.1) is 11.4 Å². The lowest BCUT2D eigenvalue weighted by molar-refractivity contribution is -0.402. The number of rotatable bonds is 5. The van der Waals surface area contributed by atoms with E-state index in [1.54, 1.807) is 0 Å². The van der Waals surface area contributed by atoms with Crippen molar-refractivity contribution in [1.82, 2.24) is 4.90 Å². The molecule has 0 saturated carbocycles. The Morgan fingerprint density at radius 2 is 2.29 bits per heavy atom. The van der Waals surface area contributed by atoms with Gasteiger partial charge in [-0.2, -0.15) is 0 Å². The lowest BCUT2D eigenvalue weighted by Crippen LogP contribution is -2.45. The van der Waals surface area contributed by atoms with Crippen LogP contribution in [0.15, 0.2) is 16.5 Å². The summed E-state index contributed by atoms with van der Waals surface area (Å²) in [6, 6.07) is 1.34. The summed E-state index contributed by atoms with van der Waals surface area (Å²) < 4.78 is 4.88. The molecule has 0 radical (unpaired) electrons. The van der Waals surface area contributed by atoms with E-state index >= 15 is 0 Å². The number of amides is 1. The van der Waals surface area contributed by atoms with Crippen LogP contribution in [0.25, 0.3) is 0 Å². The number of carboxylic acids is 1. The largest absolute Gasteiger partial charge is 0.480 e. The minimum absolute atomic E-state index is 0.212. The molecule has 0 aliphatic carbocycles. The van der Waals surface area contributed by atoms with Gasteiger partial charge in [0.25, 0.3) is 5.91 Å². The van der Waals surface area contributed by atoms with Crippen molar-refractivity contribution in [3.63, 3.8) is 0 Å². The molecule has 0 spiro atoms. The molecule has 114 valence electrons. The fourth-order valence-corrected chi connectivity index (χ4v) is 3.68. The average Bonchev–Trinajstić information content (AvgIpc) is 3.05. The standard InChI is InChI=1S/C12H14N2O6S/c1-2-3-10-13(7(6-21-10)12(16)17)11(15)8-4-5-9(20-8)14(18)19/h4-5,7,10H,2-3,6H2,1H3,(H,16,17). The van der Waals surface area contributed by atoms with Crippen LogP contribution in [0.1, 0.15) is 30.3 Å². The van der Waals surface area contributed by atoms with E-state index in [0.29, 0.717) is 12.2 Å². The maximum absolute atomic E-state index is 12.4. The van der Waals surface area contributed by atoms with Crippen LogP contribution in [0.4, 0.5) is 5.88 Å². The fraction of sp³-hybridized carbons (Fsp3) is 0.500. The molecule has 2 heterocycles. The van der Waals surface area contributed by atoms with E-state index in [1.165, 1.54) is 22.7 Å². The molecule has 1 saturated heterocycles. The number of carbonyl (C=O) groups excluding carboxylic acids is 1. The second-order valence-corrected chi connectivity index (χ2v) is 5.75. The summed E-state index contributed by atoms with van der Waals surface area (Å²) in [6.45, 7) is 1.94. The van der Waals surface area contributed by atoms with Gasteiger partial charge in [0, 0.05) is 5.75 Å². The quantitative estimate of drug-likeness (QED) is 0.652. The zero-order valence-electron chi connectivity index (χ0n) is 11.2. The summed E-state index contributed by atoms with van der Waals surface area (Å²) in [5.74, 6) is -2.16. The first-order valence-corrected chi connectivity index (χ1v) is 7.41. The number of aliphatic carboxylic acids is 1. The molecule has 2 atom stereocenters. The molecule has 1 aromatic heterocycles. The molecule has 21 heavy (non-hydrogen) atoms. The third-order valence-electron chi connectivity index (χ3n) is 3.13. The lowest BCUT2D eigenvalue weighted by atomic mass is 10.2. The number of thioether (sulfide) groups is 1. The van der Waals surface area contributed by atoms with Crippen LogP contribution < -0.4 is 0 Å². The molecule has 9 heteroatoms. The van der Waals surface area contributed by atoms with Crippen molar-refractivity contribution >= 4 is 29.5 Å². The summed E-state index contributed by atoms with van der Waals surface area (Å²) in [5, 5.41) is 19.5. The number of carboxylic acid groups (broad SMARTS) is 1. The number of carbonyl (C=O) groups is 2. The van der Waals surface area contributed by atoms with Crippen LogP contribution in [-0.4, -0.2) is 44.0 Å². The van der Waals surface area contributed by atoms with E-state index < -0.39 is 28.7 Å². The van der Waals surface area contributed by atoms with Gasteiger partial charge in [-0.05, 0) is 12.5 Å². The minimum atomic E-state index is -1.09. The van der Waals surface area contributed by atoms with E-state index in [4.69, 9.17) is 4.42 Å². The molecular formula is C12H14N2O6S. The van der Waals surface area contributed by atoms with Crippen LogP contribution in [0.3, 0.4) is 0 Å². The highest BCUT2D eigenvalue weighted by Gasteiger charge is 2.42. The molecular weight excluding hydrogens is 300 g/mol. The molecule has 1 amide bonds. The summed E-state index contributed by atoms with van der Waals surface area (Å²) in [6.07, 6.45) is 1.45. The maximum atomic E-state index is 12.4. The summed E-state index contributed by atoms with van der Waals surface area (Å²) in [4.78, 5) is 34.8. The number of furan rings is 1. The first kappa shape index (κ1) is 15.4. The summed E-state index contributed by atoms with van der Waals surface area (Å²) >= 11 is 1.40. The van der Waals surface area contributed by atoms with Gasteiger partial charge in [0.2, 0.25) is 0 Å². The Morgan fingerprint density at radius 3 is 2.81 bits per heavy atom. The Balaban J connectivity index is 2.27. The number of hydrogen-bond acceptors (Lipinski definition) is 6. The predicted molar refractivity (Wildman–Crippen MR) is 74.1 cm³/mol. The van der Waals surface area contributed by atoms with Crippen LogP contribution >= 0.6 is 11.8 Å². The molecule has 1 fully saturated rings. The van der Waals surface area contributed by atoms with E-state index in [9.17, 15) is 24.8 Å². The zero-order valence-corrected chi connectivity index (χ0v) is 12.0. The van der Waals surface area contributed by atoms with E-state index in [0.717, 1.165) is 12.5 Å². The number of nitrogens with zero attached hydrogens (tertiary/aromatic N) is 2. The van der Waals surface area contributed by atoms with Crippen LogP contribution in [0.2, 0.25) is 0 Å².